The molecular formula is C15H31N. The average Bonchev–Trinajstić information content (AvgIpc) is 3.04. The summed E-state index contributed by atoms with van der Waals surface area (Å²) in [7, 11) is 0. The normalized spacial score (nSPS) is 22.1. The maximum atomic E-state index is 3.82. The Morgan fingerprint density at radius 3 is 2.06 bits per heavy atom. The molecule has 0 aromatic heterocycles. The third kappa shape index (κ3) is 3.76. The van der Waals surface area contributed by atoms with Gasteiger partial charge in [0.15, 0.2) is 0 Å². The summed E-state index contributed by atoms with van der Waals surface area (Å²) in [6.07, 6.45) is 6.82. The molecule has 16 heavy (non-hydrogen) atoms. The van der Waals surface area contributed by atoms with Gasteiger partial charge in [-0.3, -0.25) is 0 Å². The minimum atomic E-state index is 0.656. The topological polar surface area (TPSA) is 12.0 Å². The van der Waals surface area contributed by atoms with Gasteiger partial charge in [-0.2, -0.15) is 0 Å². The molecule has 0 heterocycles. The van der Waals surface area contributed by atoms with Gasteiger partial charge in [-0.25, -0.2) is 0 Å². The summed E-state index contributed by atoms with van der Waals surface area (Å²) in [5.74, 6) is 1.72. The molecule has 0 aliphatic heterocycles. The molecule has 1 nitrogen and oxygen atoms in total. The van der Waals surface area contributed by atoms with Crippen LogP contribution < -0.4 is 5.32 Å². The van der Waals surface area contributed by atoms with E-state index in [-0.39, 0.29) is 0 Å². The first-order chi connectivity index (χ1) is 7.54. The van der Waals surface area contributed by atoms with Crippen LogP contribution in [-0.4, -0.2) is 12.6 Å². The van der Waals surface area contributed by atoms with Crippen LogP contribution in [-0.2, 0) is 0 Å². The first-order valence-electron chi connectivity index (χ1n) is 7.27. The lowest BCUT2D eigenvalue weighted by molar-refractivity contribution is 0.297. The van der Waals surface area contributed by atoms with E-state index in [1.54, 1.807) is 0 Å². The Bertz CT molecular complexity index is 194. The minimum Gasteiger partial charge on any atom is -0.313 e. The monoisotopic (exact) mass is 225 g/mol. The molecule has 1 N–H and O–H groups in total. The van der Waals surface area contributed by atoms with E-state index in [2.05, 4.69) is 39.9 Å². The summed E-state index contributed by atoms with van der Waals surface area (Å²) < 4.78 is 0. The zero-order valence-corrected chi connectivity index (χ0v) is 12.0. The Labute approximate surface area is 102 Å². The smallest absolute Gasteiger partial charge is 0.00672 e. The van der Waals surface area contributed by atoms with Crippen LogP contribution in [0.2, 0.25) is 0 Å². The highest BCUT2D eigenvalue weighted by Gasteiger charge is 2.44. The Balaban J connectivity index is 2.29. The van der Waals surface area contributed by atoms with Gasteiger partial charge in [0.25, 0.3) is 0 Å². The van der Waals surface area contributed by atoms with Crippen LogP contribution in [0.5, 0.6) is 0 Å². The fourth-order valence-electron chi connectivity index (χ4n) is 2.51. The standard InChI is InChI=1S/C15H31N/c1-6-13(5)10-14(7-2)16-11-15(8-9-15)12(3)4/h12-14,16H,6-11H2,1-5H3. The molecule has 0 aromatic carbocycles. The number of nitrogens with one attached hydrogen (secondary N) is 1. The molecule has 1 aliphatic rings. The maximum Gasteiger partial charge on any atom is 0.00672 e. The van der Waals surface area contributed by atoms with Crippen LogP contribution >= 0.6 is 0 Å². The molecular weight excluding hydrogens is 194 g/mol. The Morgan fingerprint density at radius 2 is 1.69 bits per heavy atom. The predicted molar refractivity (Wildman–Crippen MR) is 72.7 cm³/mol. The third-order valence-corrected chi connectivity index (χ3v) is 4.74. The molecule has 0 bridgehead atoms. The summed E-state index contributed by atoms with van der Waals surface area (Å²) in [6.45, 7) is 13.0. The average molecular weight is 225 g/mol. The first kappa shape index (κ1) is 14.0. The molecule has 1 rings (SSSR count). The molecule has 0 amide bonds. The highest BCUT2D eigenvalue weighted by atomic mass is 14.9. The fourth-order valence-corrected chi connectivity index (χ4v) is 2.51. The van der Waals surface area contributed by atoms with E-state index in [1.807, 2.05) is 0 Å². The van der Waals surface area contributed by atoms with Gasteiger partial charge in [0.2, 0.25) is 0 Å². The number of hydrogen-bond donors (Lipinski definition) is 1. The van der Waals surface area contributed by atoms with Gasteiger partial charge >= 0.3 is 0 Å². The SMILES string of the molecule is CCC(C)CC(CC)NCC1(C(C)C)CC1. The van der Waals surface area contributed by atoms with Crippen LogP contribution in [0.1, 0.15) is 66.7 Å². The highest BCUT2D eigenvalue weighted by molar-refractivity contribution is 4.97. The van der Waals surface area contributed by atoms with Crippen molar-refractivity contribution in [2.24, 2.45) is 17.3 Å². The van der Waals surface area contributed by atoms with E-state index in [9.17, 15) is 0 Å². The molecule has 0 radical (unpaired) electrons. The Kier molecular flexibility index (Phi) is 5.30. The molecule has 2 atom stereocenters. The lowest BCUT2D eigenvalue weighted by atomic mass is 9.91. The van der Waals surface area contributed by atoms with Crippen molar-refractivity contribution in [1.29, 1.82) is 0 Å². The van der Waals surface area contributed by atoms with Gasteiger partial charge in [0.05, 0.1) is 0 Å². The molecule has 96 valence electrons. The highest BCUT2D eigenvalue weighted by Crippen LogP contribution is 2.51. The summed E-state index contributed by atoms with van der Waals surface area (Å²) in [4.78, 5) is 0. The summed E-state index contributed by atoms with van der Waals surface area (Å²) in [5, 5.41) is 3.82. The second-order valence-electron chi connectivity index (χ2n) is 6.25. The summed E-state index contributed by atoms with van der Waals surface area (Å²) >= 11 is 0. The van der Waals surface area contributed by atoms with Crippen LogP contribution in [0, 0.1) is 17.3 Å². The second kappa shape index (κ2) is 6.05. The van der Waals surface area contributed by atoms with E-state index >= 15 is 0 Å². The van der Waals surface area contributed by atoms with Crippen molar-refractivity contribution in [3.63, 3.8) is 0 Å². The Morgan fingerprint density at radius 1 is 1.06 bits per heavy atom. The van der Waals surface area contributed by atoms with E-state index in [0.717, 1.165) is 17.9 Å². The van der Waals surface area contributed by atoms with Crippen LogP contribution in [0.4, 0.5) is 0 Å². The van der Waals surface area contributed by atoms with Gasteiger partial charge in [0.1, 0.15) is 0 Å². The molecule has 0 saturated heterocycles. The third-order valence-electron chi connectivity index (χ3n) is 4.74. The van der Waals surface area contributed by atoms with Gasteiger partial charge in [-0.15, -0.1) is 0 Å². The largest absolute Gasteiger partial charge is 0.313 e. The Hall–Kier alpha value is -0.0400. The molecule has 1 aliphatic carbocycles. The summed E-state index contributed by atoms with van der Waals surface area (Å²) in [5.41, 5.74) is 0.656. The molecule has 1 fully saturated rings. The molecule has 0 aromatic rings. The number of rotatable bonds is 8. The quantitative estimate of drug-likeness (QED) is 0.652. The van der Waals surface area contributed by atoms with Crippen molar-refractivity contribution in [2.75, 3.05) is 6.54 Å². The van der Waals surface area contributed by atoms with Crippen molar-refractivity contribution >= 4 is 0 Å². The lowest BCUT2D eigenvalue weighted by Gasteiger charge is -2.26. The van der Waals surface area contributed by atoms with Crippen molar-refractivity contribution in [2.45, 2.75) is 72.8 Å². The van der Waals surface area contributed by atoms with Crippen LogP contribution in [0.3, 0.4) is 0 Å². The van der Waals surface area contributed by atoms with Gasteiger partial charge in [-0.1, -0.05) is 41.0 Å². The van der Waals surface area contributed by atoms with Gasteiger partial charge in [-0.05, 0) is 42.9 Å². The van der Waals surface area contributed by atoms with Gasteiger partial charge in [0, 0.05) is 12.6 Å². The molecule has 2 unspecified atom stereocenters. The van der Waals surface area contributed by atoms with Crippen molar-refractivity contribution in [1.82, 2.24) is 5.32 Å². The van der Waals surface area contributed by atoms with E-state index < -0.39 is 0 Å². The molecule has 1 saturated carbocycles. The van der Waals surface area contributed by atoms with Gasteiger partial charge < -0.3 is 5.32 Å². The van der Waals surface area contributed by atoms with E-state index in [0.29, 0.717) is 5.41 Å². The van der Waals surface area contributed by atoms with Crippen LogP contribution in [0.15, 0.2) is 0 Å². The molecule has 1 heteroatoms. The second-order valence-corrected chi connectivity index (χ2v) is 6.25. The molecule has 0 spiro atoms. The maximum absolute atomic E-state index is 3.82. The minimum absolute atomic E-state index is 0.656. The summed E-state index contributed by atoms with van der Waals surface area (Å²) in [6, 6.07) is 0.742. The number of hydrogen-bond acceptors (Lipinski definition) is 1. The van der Waals surface area contributed by atoms with Crippen molar-refractivity contribution in [3.8, 4) is 0 Å². The van der Waals surface area contributed by atoms with E-state index in [1.165, 1.54) is 38.6 Å². The van der Waals surface area contributed by atoms with Crippen molar-refractivity contribution in [3.05, 3.63) is 0 Å². The zero-order valence-electron chi connectivity index (χ0n) is 12.0. The van der Waals surface area contributed by atoms with E-state index in [4.69, 9.17) is 0 Å². The fraction of sp³-hybridized carbons (Fsp3) is 1.00. The van der Waals surface area contributed by atoms with Crippen molar-refractivity contribution < 1.29 is 0 Å². The first-order valence-corrected chi connectivity index (χ1v) is 7.27. The van der Waals surface area contributed by atoms with Crippen LogP contribution in [0.25, 0.3) is 0 Å². The lowest BCUT2D eigenvalue weighted by Crippen LogP contribution is -2.36. The zero-order chi connectivity index (χ0) is 12.2. The predicted octanol–water partition coefficient (Wildman–Crippen LogP) is 4.23.